The summed E-state index contributed by atoms with van der Waals surface area (Å²) >= 11 is 0. The number of aromatic nitrogens is 2. The molecule has 64 heavy (non-hydrogen) atoms. The van der Waals surface area contributed by atoms with Crippen LogP contribution in [0.1, 0.15) is 23.6 Å². The van der Waals surface area contributed by atoms with Crippen molar-refractivity contribution in [2.45, 2.75) is 12.3 Å². The first kappa shape index (κ1) is 37.6. The molecule has 11 aromatic rings. The molecule has 0 amide bonds. The first-order chi connectivity index (χ1) is 31.6. The van der Waals surface area contributed by atoms with Gasteiger partial charge in [0, 0.05) is 22.1 Å². The van der Waals surface area contributed by atoms with Gasteiger partial charge in [-0.25, -0.2) is 9.97 Å². The van der Waals surface area contributed by atoms with Crippen LogP contribution in [0.25, 0.3) is 100.0 Å². The molecule has 0 aliphatic heterocycles. The molecular weight excluding hydrogens is 773 g/mol. The summed E-state index contributed by atoms with van der Waals surface area (Å²) in [6.45, 7) is 2.38. The van der Waals surface area contributed by atoms with E-state index in [1.165, 1.54) is 66.4 Å². The Bertz CT molecular complexity index is 3550. The first-order valence-electron chi connectivity index (χ1n) is 22.1. The van der Waals surface area contributed by atoms with Gasteiger partial charge in [-0.05, 0) is 108 Å². The Balaban J connectivity index is 0.972. The largest absolute Gasteiger partial charge is 0.228 e. The van der Waals surface area contributed by atoms with Crippen LogP contribution in [0.3, 0.4) is 0 Å². The van der Waals surface area contributed by atoms with Crippen LogP contribution in [0.2, 0.25) is 0 Å². The summed E-state index contributed by atoms with van der Waals surface area (Å²) in [5.41, 5.74) is 18.4. The molecule has 0 radical (unpaired) electrons. The van der Waals surface area contributed by atoms with Crippen molar-refractivity contribution in [3.05, 3.63) is 253 Å². The van der Waals surface area contributed by atoms with Crippen molar-refractivity contribution in [1.82, 2.24) is 9.97 Å². The smallest absolute Gasteiger partial charge is 0.160 e. The number of nitrogens with zero attached hydrogens (tertiary/aromatic N) is 2. The molecule has 2 nitrogen and oxygen atoms in total. The predicted octanol–water partition coefficient (Wildman–Crippen LogP) is 16.1. The minimum atomic E-state index is -0.257. The van der Waals surface area contributed by atoms with Crippen LogP contribution in [0.4, 0.5) is 0 Å². The molecule has 0 saturated heterocycles. The second-order valence-electron chi connectivity index (χ2n) is 17.0. The van der Waals surface area contributed by atoms with Crippen LogP contribution in [0.5, 0.6) is 0 Å². The number of hydrogen-bond acceptors (Lipinski definition) is 2. The molecule has 300 valence electrons. The van der Waals surface area contributed by atoms with E-state index in [2.05, 4.69) is 244 Å². The zero-order valence-electron chi connectivity index (χ0n) is 35.4. The Morgan fingerprint density at radius 1 is 0.297 bits per heavy atom. The van der Waals surface area contributed by atoms with Gasteiger partial charge in [-0.1, -0.05) is 218 Å². The molecule has 0 spiro atoms. The molecule has 10 aromatic carbocycles. The summed E-state index contributed by atoms with van der Waals surface area (Å²) in [7, 11) is 0. The molecule has 2 heteroatoms. The summed E-state index contributed by atoms with van der Waals surface area (Å²) < 4.78 is 0. The van der Waals surface area contributed by atoms with Crippen molar-refractivity contribution >= 4 is 21.5 Å². The third-order valence-electron chi connectivity index (χ3n) is 13.4. The maximum Gasteiger partial charge on any atom is 0.160 e. The molecule has 12 rings (SSSR count). The van der Waals surface area contributed by atoms with Gasteiger partial charge >= 0.3 is 0 Å². The maximum atomic E-state index is 5.35. The van der Waals surface area contributed by atoms with Crippen molar-refractivity contribution in [2.75, 3.05) is 0 Å². The van der Waals surface area contributed by atoms with E-state index in [1.54, 1.807) is 0 Å². The molecule has 1 heterocycles. The van der Waals surface area contributed by atoms with Crippen molar-refractivity contribution in [3.63, 3.8) is 0 Å². The third kappa shape index (κ3) is 6.26. The van der Waals surface area contributed by atoms with Crippen LogP contribution < -0.4 is 0 Å². The van der Waals surface area contributed by atoms with Gasteiger partial charge in [0.2, 0.25) is 0 Å². The Labute approximate surface area is 373 Å². The van der Waals surface area contributed by atoms with Gasteiger partial charge in [0.15, 0.2) is 5.82 Å². The van der Waals surface area contributed by atoms with Gasteiger partial charge in [-0.15, -0.1) is 0 Å². The lowest BCUT2D eigenvalue weighted by Crippen LogP contribution is -2.22. The highest BCUT2D eigenvalue weighted by atomic mass is 14.9. The van der Waals surface area contributed by atoms with Gasteiger partial charge in [-0.2, -0.15) is 0 Å². The summed E-state index contributed by atoms with van der Waals surface area (Å²) in [4.78, 5) is 10.6. The van der Waals surface area contributed by atoms with E-state index in [1.807, 2.05) is 0 Å². The van der Waals surface area contributed by atoms with E-state index in [9.17, 15) is 0 Å². The second-order valence-corrected chi connectivity index (χ2v) is 17.0. The third-order valence-corrected chi connectivity index (χ3v) is 13.4. The number of fused-ring (bicyclic) bond motifs is 5. The van der Waals surface area contributed by atoms with Crippen LogP contribution >= 0.6 is 0 Å². The van der Waals surface area contributed by atoms with E-state index >= 15 is 0 Å². The summed E-state index contributed by atoms with van der Waals surface area (Å²) in [6.07, 6.45) is 0. The fraction of sp³-hybridized carbons (Fsp3) is 0.0323. The standard InChI is InChI=1S/C62H42N2/c1-62(48-22-6-3-7-23-48)57-29-13-12-27-53(57)54-35-34-46(39-58(54)62)45-20-14-21-47(38-45)50-36-37-56(52-26-11-10-25-51(50)52)60-40-59(55-28-15-19-43-18-8-9-24-49(43)55)63-61(64-60)44-32-30-42(31-33-44)41-16-4-2-5-17-41/h2-40H,1H3. The molecule has 1 aromatic heterocycles. The minimum Gasteiger partial charge on any atom is -0.228 e. The van der Waals surface area contributed by atoms with Crippen molar-refractivity contribution in [1.29, 1.82) is 0 Å². The summed E-state index contributed by atoms with van der Waals surface area (Å²) in [5.74, 6) is 0.696. The molecule has 1 atom stereocenters. The quantitative estimate of drug-likeness (QED) is 0.160. The van der Waals surface area contributed by atoms with Gasteiger partial charge < -0.3 is 0 Å². The number of benzene rings is 10. The van der Waals surface area contributed by atoms with E-state index in [0.29, 0.717) is 5.82 Å². The molecule has 0 N–H and O–H groups in total. The van der Waals surface area contributed by atoms with E-state index in [0.717, 1.165) is 44.4 Å². The molecule has 1 aliphatic carbocycles. The molecule has 0 fully saturated rings. The number of hydrogen-bond donors (Lipinski definition) is 0. The molecule has 0 bridgehead atoms. The Morgan fingerprint density at radius 2 is 0.781 bits per heavy atom. The highest BCUT2D eigenvalue weighted by molar-refractivity contribution is 6.05. The van der Waals surface area contributed by atoms with Crippen molar-refractivity contribution < 1.29 is 0 Å². The van der Waals surface area contributed by atoms with Crippen molar-refractivity contribution in [2.24, 2.45) is 0 Å². The van der Waals surface area contributed by atoms with E-state index in [-0.39, 0.29) is 5.41 Å². The Kier molecular flexibility index (Phi) is 8.98. The van der Waals surface area contributed by atoms with Gasteiger partial charge in [0.25, 0.3) is 0 Å². The number of rotatable bonds is 7. The van der Waals surface area contributed by atoms with Gasteiger partial charge in [-0.3, -0.25) is 0 Å². The minimum absolute atomic E-state index is 0.257. The molecule has 1 unspecified atom stereocenters. The molecular formula is C62H42N2. The van der Waals surface area contributed by atoms with Crippen LogP contribution in [-0.4, -0.2) is 9.97 Å². The monoisotopic (exact) mass is 814 g/mol. The fourth-order valence-electron chi connectivity index (χ4n) is 10.1. The first-order valence-corrected chi connectivity index (χ1v) is 22.1. The molecule has 0 saturated carbocycles. The predicted molar refractivity (Wildman–Crippen MR) is 267 cm³/mol. The van der Waals surface area contributed by atoms with Crippen molar-refractivity contribution in [3.8, 4) is 78.4 Å². The zero-order chi connectivity index (χ0) is 42.6. The van der Waals surface area contributed by atoms with E-state index in [4.69, 9.17) is 9.97 Å². The lowest BCUT2D eigenvalue weighted by molar-refractivity contribution is 0.714. The Morgan fingerprint density at radius 3 is 1.58 bits per heavy atom. The van der Waals surface area contributed by atoms with Crippen LogP contribution in [0, 0.1) is 0 Å². The van der Waals surface area contributed by atoms with Gasteiger partial charge in [0.1, 0.15) is 0 Å². The highest BCUT2D eigenvalue weighted by Gasteiger charge is 2.40. The average Bonchev–Trinajstić information content (AvgIpc) is 3.64. The van der Waals surface area contributed by atoms with Crippen LogP contribution in [0.15, 0.2) is 237 Å². The topological polar surface area (TPSA) is 25.8 Å². The fourth-order valence-corrected chi connectivity index (χ4v) is 10.1. The second kappa shape index (κ2) is 15.3. The van der Waals surface area contributed by atoms with Crippen LogP contribution in [-0.2, 0) is 5.41 Å². The van der Waals surface area contributed by atoms with E-state index < -0.39 is 0 Å². The zero-order valence-corrected chi connectivity index (χ0v) is 35.4. The average molecular weight is 815 g/mol. The lowest BCUT2D eigenvalue weighted by atomic mass is 9.74. The summed E-state index contributed by atoms with van der Waals surface area (Å²) in [5, 5.41) is 4.67. The SMILES string of the molecule is CC1(c2ccccc2)c2ccccc2-c2ccc(-c3cccc(-c4ccc(-c5cc(-c6cccc7ccccc67)nc(-c6ccc(-c7ccccc7)cc6)n5)c5ccccc45)c3)cc21. The normalized spacial score (nSPS) is 14.1. The maximum absolute atomic E-state index is 5.35. The summed E-state index contributed by atoms with van der Waals surface area (Å²) in [6, 6.07) is 85.5. The lowest BCUT2D eigenvalue weighted by Gasteiger charge is -2.28. The highest BCUT2D eigenvalue weighted by Crippen LogP contribution is 2.53. The molecule has 1 aliphatic rings. The van der Waals surface area contributed by atoms with Gasteiger partial charge in [0.05, 0.1) is 11.4 Å². The Hall–Kier alpha value is -8.20.